The lowest BCUT2D eigenvalue weighted by Gasteiger charge is -2.28. The van der Waals surface area contributed by atoms with E-state index in [1.807, 2.05) is 0 Å². The van der Waals surface area contributed by atoms with Gasteiger partial charge in [-0.25, -0.2) is 8.42 Å². The van der Waals surface area contributed by atoms with Gasteiger partial charge in [0, 0.05) is 5.75 Å². The summed E-state index contributed by atoms with van der Waals surface area (Å²) in [6.07, 6.45) is 2.01. The van der Waals surface area contributed by atoms with Crippen LogP contribution in [0.15, 0.2) is 22.5 Å². The van der Waals surface area contributed by atoms with Crippen LogP contribution in [-0.2, 0) is 14.8 Å². The van der Waals surface area contributed by atoms with Crippen LogP contribution in [0.1, 0.15) is 20.3 Å². The normalized spacial score (nSPS) is 12.6. The van der Waals surface area contributed by atoms with Crippen LogP contribution < -0.4 is 9.62 Å². The van der Waals surface area contributed by atoms with Crippen molar-refractivity contribution in [2.45, 2.75) is 30.6 Å². The number of nitrogens with zero attached hydrogens (tertiary/aromatic N) is 3. The summed E-state index contributed by atoms with van der Waals surface area (Å²) in [4.78, 5) is 12.6. The Labute approximate surface area is 176 Å². The number of sulfonamides is 1. The topological polar surface area (TPSA) is 92.3 Å². The molecule has 2 rings (SSSR count). The molecule has 1 aromatic carbocycles. The molecule has 1 heterocycles. The molecule has 0 spiro atoms. The predicted octanol–water partition coefficient (Wildman–Crippen LogP) is 4.14. The van der Waals surface area contributed by atoms with Crippen LogP contribution in [0, 0.1) is 0 Å². The SMILES string of the molecule is CCCSc1nnc(NC(=O)C(C)N(c2ccc(Cl)c(Cl)c2)S(C)(=O)=O)s1. The Morgan fingerprint density at radius 1 is 1.33 bits per heavy atom. The zero-order valence-electron chi connectivity index (χ0n) is 14.8. The maximum atomic E-state index is 12.6. The van der Waals surface area contributed by atoms with Crippen LogP contribution in [-0.4, -0.2) is 42.6 Å². The van der Waals surface area contributed by atoms with Gasteiger partial charge in [-0.05, 0) is 31.5 Å². The Bertz CT molecular complexity index is 921. The van der Waals surface area contributed by atoms with Crippen LogP contribution >= 0.6 is 46.3 Å². The third-order valence-corrected chi connectivity index (χ3v) is 7.47. The number of halogens is 2. The number of thioether (sulfide) groups is 1. The number of benzene rings is 1. The molecule has 27 heavy (non-hydrogen) atoms. The van der Waals surface area contributed by atoms with Crippen LogP contribution in [0.5, 0.6) is 0 Å². The zero-order valence-corrected chi connectivity index (χ0v) is 18.7. The molecule has 148 valence electrons. The van der Waals surface area contributed by atoms with E-state index >= 15 is 0 Å². The van der Waals surface area contributed by atoms with E-state index < -0.39 is 22.0 Å². The van der Waals surface area contributed by atoms with E-state index in [9.17, 15) is 13.2 Å². The van der Waals surface area contributed by atoms with Gasteiger partial charge in [0.2, 0.25) is 21.1 Å². The number of carbonyl (C=O) groups excluding carboxylic acids is 1. The minimum atomic E-state index is -3.76. The first-order valence-corrected chi connectivity index (χ1v) is 12.3. The molecule has 0 saturated heterocycles. The van der Waals surface area contributed by atoms with E-state index in [1.165, 1.54) is 36.5 Å². The van der Waals surface area contributed by atoms with Crippen molar-refractivity contribution in [2.75, 3.05) is 21.6 Å². The Morgan fingerprint density at radius 3 is 2.63 bits per heavy atom. The molecular weight excluding hydrogens is 451 g/mol. The molecule has 12 heteroatoms. The van der Waals surface area contributed by atoms with E-state index in [1.54, 1.807) is 11.8 Å². The smallest absolute Gasteiger partial charge is 0.249 e. The van der Waals surface area contributed by atoms with Gasteiger partial charge in [-0.15, -0.1) is 10.2 Å². The largest absolute Gasteiger partial charge is 0.299 e. The predicted molar refractivity (Wildman–Crippen MR) is 113 cm³/mol. The average Bonchev–Trinajstić information content (AvgIpc) is 3.02. The molecule has 0 radical (unpaired) electrons. The van der Waals surface area contributed by atoms with Gasteiger partial charge in [0.05, 0.1) is 22.0 Å². The van der Waals surface area contributed by atoms with Crippen molar-refractivity contribution >= 4 is 73.0 Å². The zero-order chi connectivity index (χ0) is 20.2. The number of hydrogen-bond acceptors (Lipinski definition) is 7. The van der Waals surface area contributed by atoms with Crippen LogP contribution in [0.4, 0.5) is 10.8 Å². The molecular formula is C15H18Cl2N4O3S3. The summed E-state index contributed by atoms with van der Waals surface area (Å²) in [5.74, 6) is 0.368. The highest BCUT2D eigenvalue weighted by atomic mass is 35.5. The number of carbonyl (C=O) groups is 1. The van der Waals surface area contributed by atoms with Crippen LogP contribution in [0.3, 0.4) is 0 Å². The second-order valence-electron chi connectivity index (χ2n) is 5.54. The molecule has 7 nitrogen and oxygen atoms in total. The van der Waals surface area contributed by atoms with Gasteiger partial charge >= 0.3 is 0 Å². The summed E-state index contributed by atoms with van der Waals surface area (Å²) in [5.41, 5.74) is 0.242. The van der Waals surface area contributed by atoms with E-state index in [0.717, 1.165) is 27.1 Å². The summed E-state index contributed by atoms with van der Waals surface area (Å²) < 4.78 is 26.3. The van der Waals surface area contributed by atoms with Crippen molar-refractivity contribution < 1.29 is 13.2 Å². The Kier molecular flexibility index (Phi) is 7.75. The second kappa shape index (κ2) is 9.42. The van der Waals surface area contributed by atoms with Gasteiger partial charge in [0.25, 0.3) is 0 Å². The van der Waals surface area contributed by atoms with Crippen molar-refractivity contribution in [1.82, 2.24) is 10.2 Å². The number of amides is 1. The maximum Gasteiger partial charge on any atom is 0.249 e. The first-order chi connectivity index (χ1) is 12.6. The molecule has 0 aliphatic rings. The van der Waals surface area contributed by atoms with Crippen molar-refractivity contribution in [3.63, 3.8) is 0 Å². The summed E-state index contributed by atoms with van der Waals surface area (Å²) >= 11 is 14.7. The lowest BCUT2D eigenvalue weighted by atomic mass is 10.2. The third-order valence-electron chi connectivity index (χ3n) is 3.31. The minimum absolute atomic E-state index is 0.192. The highest BCUT2D eigenvalue weighted by Crippen LogP contribution is 2.30. The standard InChI is InChI=1S/C15H18Cl2N4O3S3/c1-4-7-25-15-20-19-14(26-15)18-13(22)9(2)21(27(3,23)24)10-5-6-11(16)12(17)8-10/h5-6,8-9H,4,7H2,1-3H3,(H,18,19,22). The molecule has 1 aromatic heterocycles. The van der Waals surface area contributed by atoms with Crippen molar-refractivity contribution in [1.29, 1.82) is 0 Å². The fourth-order valence-electron chi connectivity index (χ4n) is 2.15. The molecule has 1 N–H and O–H groups in total. The fourth-order valence-corrected chi connectivity index (χ4v) is 5.29. The Hall–Kier alpha value is -1.07. The number of rotatable bonds is 8. The number of aromatic nitrogens is 2. The monoisotopic (exact) mass is 468 g/mol. The van der Waals surface area contributed by atoms with Crippen molar-refractivity contribution in [3.8, 4) is 0 Å². The fraction of sp³-hybridized carbons (Fsp3) is 0.400. The first-order valence-electron chi connectivity index (χ1n) is 7.85. The van der Waals surface area contributed by atoms with E-state index in [-0.39, 0.29) is 15.7 Å². The molecule has 0 bridgehead atoms. The van der Waals surface area contributed by atoms with Crippen LogP contribution in [0.2, 0.25) is 10.0 Å². The van der Waals surface area contributed by atoms with Gasteiger partial charge in [0.1, 0.15) is 6.04 Å². The first kappa shape index (κ1) is 22.2. The molecule has 1 unspecified atom stereocenters. The molecule has 0 aliphatic heterocycles. The summed E-state index contributed by atoms with van der Waals surface area (Å²) in [5, 5.41) is 11.3. The number of nitrogens with one attached hydrogen (secondary N) is 1. The highest BCUT2D eigenvalue weighted by Gasteiger charge is 2.30. The van der Waals surface area contributed by atoms with Gasteiger partial charge in [-0.2, -0.15) is 0 Å². The van der Waals surface area contributed by atoms with Gasteiger partial charge in [-0.3, -0.25) is 14.4 Å². The van der Waals surface area contributed by atoms with Crippen LogP contribution in [0.25, 0.3) is 0 Å². The molecule has 0 saturated carbocycles. The minimum Gasteiger partial charge on any atom is -0.299 e. The lowest BCUT2D eigenvalue weighted by molar-refractivity contribution is -0.116. The molecule has 0 aliphatic carbocycles. The molecule has 1 amide bonds. The Balaban J connectivity index is 2.22. The molecule has 1 atom stereocenters. The lowest BCUT2D eigenvalue weighted by Crippen LogP contribution is -2.45. The number of hydrogen-bond donors (Lipinski definition) is 1. The van der Waals surface area contributed by atoms with E-state index in [2.05, 4.69) is 22.4 Å². The van der Waals surface area contributed by atoms with Gasteiger partial charge in [0.15, 0.2) is 4.34 Å². The average molecular weight is 469 g/mol. The summed E-state index contributed by atoms with van der Waals surface area (Å²) in [7, 11) is -3.76. The van der Waals surface area contributed by atoms with Gasteiger partial charge < -0.3 is 0 Å². The van der Waals surface area contributed by atoms with Crippen molar-refractivity contribution in [3.05, 3.63) is 28.2 Å². The summed E-state index contributed by atoms with van der Waals surface area (Å²) in [6, 6.07) is 3.33. The highest BCUT2D eigenvalue weighted by molar-refractivity contribution is 8.01. The molecule has 2 aromatic rings. The molecule has 0 fully saturated rings. The van der Waals surface area contributed by atoms with E-state index in [0.29, 0.717) is 5.13 Å². The van der Waals surface area contributed by atoms with E-state index in [4.69, 9.17) is 23.2 Å². The Morgan fingerprint density at radius 2 is 2.04 bits per heavy atom. The quantitative estimate of drug-likeness (QED) is 0.462. The van der Waals surface area contributed by atoms with Gasteiger partial charge in [-0.1, -0.05) is 53.2 Å². The van der Waals surface area contributed by atoms with Crippen molar-refractivity contribution in [2.24, 2.45) is 0 Å². The third kappa shape index (κ3) is 5.95. The summed E-state index contributed by atoms with van der Waals surface area (Å²) in [6.45, 7) is 3.54. The number of anilines is 2. The maximum absolute atomic E-state index is 12.6. The second-order valence-corrected chi connectivity index (χ2v) is 10.5.